The maximum Gasteiger partial charge on any atom is 0.315 e. The van der Waals surface area contributed by atoms with Gasteiger partial charge >= 0.3 is 6.03 Å². The number of para-hydroxylation sites is 2. The van der Waals surface area contributed by atoms with Crippen LogP contribution < -0.4 is 21.1 Å². The number of benzene rings is 2. The fourth-order valence-corrected chi connectivity index (χ4v) is 3.96. The van der Waals surface area contributed by atoms with Gasteiger partial charge in [-0.15, -0.1) is 0 Å². The van der Waals surface area contributed by atoms with Gasteiger partial charge in [0.25, 0.3) is 5.56 Å². The van der Waals surface area contributed by atoms with Crippen LogP contribution in [0.15, 0.2) is 53.3 Å². The number of fused-ring (bicyclic) bond motifs is 1. The molecule has 0 unspecified atom stereocenters. The predicted molar refractivity (Wildman–Crippen MR) is 119 cm³/mol. The number of rotatable bonds is 5. The van der Waals surface area contributed by atoms with Crippen LogP contribution in [0.1, 0.15) is 25.3 Å². The summed E-state index contributed by atoms with van der Waals surface area (Å²) in [5, 5.41) is 5.79. The van der Waals surface area contributed by atoms with E-state index in [1.807, 2.05) is 36.1 Å². The zero-order chi connectivity index (χ0) is 21.8. The van der Waals surface area contributed by atoms with Crippen LogP contribution in [0.5, 0.6) is 0 Å². The standard InChI is InChI=1S/C23H26FN5O2/c1-2-29-20-6-4-3-5-19(20)27-21(22(29)30)28-13-11-18(12-14-28)26-23(31)25-15-16-7-9-17(24)10-8-16/h3-10,18H,2,11-15H2,1H3,(H2,25,26,31). The van der Waals surface area contributed by atoms with Crippen molar-refractivity contribution in [1.29, 1.82) is 0 Å². The first-order valence-electron chi connectivity index (χ1n) is 10.6. The molecule has 1 aromatic heterocycles. The monoisotopic (exact) mass is 423 g/mol. The fraction of sp³-hybridized carbons (Fsp3) is 0.348. The molecule has 0 bridgehead atoms. The number of carbonyl (C=O) groups is 1. The zero-order valence-corrected chi connectivity index (χ0v) is 17.5. The number of amides is 2. The van der Waals surface area contributed by atoms with E-state index >= 15 is 0 Å². The second kappa shape index (κ2) is 9.16. The van der Waals surface area contributed by atoms with E-state index in [4.69, 9.17) is 0 Å². The van der Waals surface area contributed by atoms with Crippen LogP contribution in [-0.2, 0) is 13.1 Å². The van der Waals surface area contributed by atoms with Gasteiger partial charge < -0.3 is 20.1 Å². The van der Waals surface area contributed by atoms with Crippen LogP contribution in [0, 0.1) is 5.82 Å². The highest BCUT2D eigenvalue weighted by molar-refractivity contribution is 5.76. The number of halogens is 1. The molecule has 4 rings (SSSR count). The molecule has 1 aliphatic rings. The normalized spacial score (nSPS) is 14.6. The molecule has 2 N–H and O–H groups in total. The van der Waals surface area contributed by atoms with Crippen LogP contribution in [0.3, 0.4) is 0 Å². The van der Waals surface area contributed by atoms with Crippen LogP contribution >= 0.6 is 0 Å². The van der Waals surface area contributed by atoms with E-state index in [0.717, 1.165) is 29.4 Å². The Hall–Kier alpha value is -3.42. The number of anilines is 1. The minimum atomic E-state index is -0.299. The Morgan fingerprint density at radius 2 is 1.84 bits per heavy atom. The third-order valence-corrected chi connectivity index (χ3v) is 5.65. The van der Waals surface area contributed by atoms with Gasteiger partial charge in [-0.25, -0.2) is 14.2 Å². The lowest BCUT2D eigenvalue weighted by atomic mass is 10.1. The molecule has 2 heterocycles. The Balaban J connectivity index is 1.35. The van der Waals surface area contributed by atoms with Gasteiger partial charge in [0.2, 0.25) is 0 Å². The van der Waals surface area contributed by atoms with Crippen molar-refractivity contribution < 1.29 is 9.18 Å². The lowest BCUT2D eigenvalue weighted by molar-refractivity contribution is 0.234. The highest BCUT2D eigenvalue weighted by Crippen LogP contribution is 2.18. The van der Waals surface area contributed by atoms with Crippen molar-refractivity contribution in [2.75, 3.05) is 18.0 Å². The molecular formula is C23H26FN5O2. The van der Waals surface area contributed by atoms with Gasteiger partial charge in [-0.2, -0.15) is 0 Å². The largest absolute Gasteiger partial charge is 0.352 e. The molecule has 1 saturated heterocycles. The summed E-state index contributed by atoms with van der Waals surface area (Å²) >= 11 is 0. The Labute approximate surface area is 179 Å². The molecule has 31 heavy (non-hydrogen) atoms. The second-order valence-corrected chi connectivity index (χ2v) is 7.69. The highest BCUT2D eigenvalue weighted by atomic mass is 19.1. The maximum absolute atomic E-state index is 13.0. The van der Waals surface area contributed by atoms with Crippen LogP contribution in [0.4, 0.5) is 15.0 Å². The predicted octanol–water partition coefficient (Wildman–Crippen LogP) is 3.02. The first-order valence-corrected chi connectivity index (χ1v) is 10.6. The van der Waals surface area contributed by atoms with E-state index in [9.17, 15) is 14.0 Å². The van der Waals surface area contributed by atoms with Crippen LogP contribution in [0.25, 0.3) is 11.0 Å². The number of aromatic nitrogens is 2. The molecule has 1 fully saturated rings. The first-order chi connectivity index (χ1) is 15.0. The van der Waals surface area contributed by atoms with Gasteiger partial charge in [0.15, 0.2) is 5.82 Å². The van der Waals surface area contributed by atoms with E-state index in [1.165, 1.54) is 12.1 Å². The van der Waals surface area contributed by atoms with E-state index in [1.54, 1.807) is 16.7 Å². The van der Waals surface area contributed by atoms with Crippen molar-refractivity contribution in [3.05, 3.63) is 70.3 Å². The van der Waals surface area contributed by atoms with Crippen LogP contribution in [0.2, 0.25) is 0 Å². The second-order valence-electron chi connectivity index (χ2n) is 7.69. The smallest absolute Gasteiger partial charge is 0.315 e. The Bertz CT molecular complexity index is 1120. The van der Waals surface area contributed by atoms with Crippen molar-refractivity contribution in [2.24, 2.45) is 0 Å². The number of hydrogen-bond acceptors (Lipinski definition) is 4. The molecule has 0 atom stereocenters. The minimum absolute atomic E-state index is 0.0262. The number of urea groups is 1. The Kier molecular flexibility index (Phi) is 6.16. The molecule has 0 spiro atoms. The van der Waals surface area contributed by atoms with Gasteiger partial charge in [0, 0.05) is 32.2 Å². The molecule has 162 valence electrons. The molecule has 2 aromatic carbocycles. The van der Waals surface area contributed by atoms with Gasteiger partial charge in [-0.1, -0.05) is 24.3 Å². The molecule has 0 radical (unpaired) electrons. The minimum Gasteiger partial charge on any atom is -0.352 e. The maximum atomic E-state index is 13.0. The molecule has 3 aromatic rings. The molecule has 7 nitrogen and oxygen atoms in total. The average Bonchev–Trinajstić information content (AvgIpc) is 2.79. The number of aryl methyl sites for hydroxylation is 1. The molecule has 8 heteroatoms. The van der Waals surface area contributed by atoms with E-state index in [2.05, 4.69) is 15.6 Å². The third-order valence-electron chi connectivity index (χ3n) is 5.65. The number of nitrogens with one attached hydrogen (secondary N) is 2. The van der Waals surface area contributed by atoms with Gasteiger partial charge in [-0.05, 0) is 49.6 Å². The topological polar surface area (TPSA) is 79.3 Å². The van der Waals surface area contributed by atoms with Gasteiger partial charge in [0.05, 0.1) is 11.0 Å². The van der Waals surface area contributed by atoms with Crippen LogP contribution in [-0.4, -0.2) is 34.7 Å². The summed E-state index contributed by atoms with van der Waals surface area (Å²) in [7, 11) is 0. The lowest BCUT2D eigenvalue weighted by Gasteiger charge is -2.33. The van der Waals surface area contributed by atoms with E-state index in [0.29, 0.717) is 32.0 Å². The Morgan fingerprint density at radius 3 is 2.55 bits per heavy atom. The summed E-state index contributed by atoms with van der Waals surface area (Å²) in [6.45, 7) is 4.17. The van der Waals surface area contributed by atoms with Crippen molar-refractivity contribution in [3.8, 4) is 0 Å². The number of hydrogen-bond donors (Lipinski definition) is 2. The molecule has 1 aliphatic heterocycles. The average molecular weight is 423 g/mol. The van der Waals surface area contributed by atoms with Crippen molar-refractivity contribution in [1.82, 2.24) is 20.2 Å². The van der Waals surface area contributed by atoms with Gasteiger partial charge in [0.1, 0.15) is 5.82 Å². The van der Waals surface area contributed by atoms with Crippen molar-refractivity contribution in [3.63, 3.8) is 0 Å². The SMILES string of the molecule is CCn1c(=O)c(N2CCC(NC(=O)NCc3ccc(F)cc3)CC2)nc2ccccc21. The summed E-state index contributed by atoms with van der Waals surface area (Å²) in [5.41, 5.74) is 2.40. The summed E-state index contributed by atoms with van der Waals surface area (Å²) in [5.74, 6) is 0.173. The summed E-state index contributed by atoms with van der Waals surface area (Å²) < 4.78 is 14.7. The number of carbonyl (C=O) groups excluding carboxylic acids is 1. The van der Waals surface area contributed by atoms with Crippen molar-refractivity contribution in [2.45, 2.75) is 38.9 Å². The molecule has 2 amide bonds. The zero-order valence-electron chi connectivity index (χ0n) is 17.5. The van der Waals surface area contributed by atoms with Crippen molar-refractivity contribution >= 4 is 22.9 Å². The lowest BCUT2D eigenvalue weighted by Crippen LogP contribution is -2.49. The van der Waals surface area contributed by atoms with E-state index in [-0.39, 0.29) is 23.4 Å². The first kappa shape index (κ1) is 20.8. The fourth-order valence-electron chi connectivity index (χ4n) is 3.96. The number of nitrogens with zero attached hydrogens (tertiary/aromatic N) is 3. The third kappa shape index (κ3) is 4.68. The summed E-state index contributed by atoms with van der Waals surface area (Å²) in [4.78, 5) is 31.8. The quantitative estimate of drug-likeness (QED) is 0.661. The molecular weight excluding hydrogens is 397 g/mol. The summed E-state index contributed by atoms with van der Waals surface area (Å²) in [6.07, 6.45) is 1.45. The van der Waals surface area contributed by atoms with Gasteiger partial charge in [-0.3, -0.25) is 4.79 Å². The van der Waals surface area contributed by atoms with E-state index < -0.39 is 0 Å². The summed E-state index contributed by atoms with van der Waals surface area (Å²) in [6, 6.07) is 13.5. The number of piperidine rings is 1. The highest BCUT2D eigenvalue weighted by Gasteiger charge is 2.24. The molecule has 0 saturated carbocycles. The Morgan fingerprint density at radius 1 is 1.13 bits per heavy atom. The molecule has 0 aliphatic carbocycles.